The van der Waals surface area contributed by atoms with E-state index in [0.717, 1.165) is 22.5 Å². The van der Waals surface area contributed by atoms with Crippen molar-refractivity contribution in [3.63, 3.8) is 0 Å². The van der Waals surface area contributed by atoms with Crippen LogP contribution < -0.4 is 0 Å². The van der Waals surface area contributed by atoms with E-state index in [1.807, 2.05) is 0 Å². The van der Waals surface area contributed by atoms with Crippen molar-refractivity contribution < 1.29 is 22.3 Å². The molecule has 1 atom stereocenters. The molecule has 2 aromatic rings. The van der Waals surface area contributed by atoms with Crippen LogP contribution in [-0.4, -0.2) is 31.5 Å². The maximum Gasteiger partial charge on any atom is 0.246 e. The third kappa shape index (κ3) is 3.57. The second-order valence-electron chi connectivity index (χ2n) is 5.01. The first-order valence-electron chi connectivity index (χ1n) is 6.97. The van der Waals surface area contributed by atoms with Gasteiger partial charge in [0.25, 0.3) is 0 Å². The zero-order valence-electron chi connectivity index (χ0n) is 12.5. The van der Waals surface area contributed by atoms with Crippen LogP contribution in [0.3, 0.4) is 0 Å². The van der Waals surface area contributed by atoms with Gasteiger partial charge in [-0.15, -0.1) is 0 Å². The molecule has 0 amide bonds. The molecule has 7 heteroatoms. The molecule has 124 valence electrons. The first-order chi connectivity index (χ1) is 10.9. The summed E-state index contributed by atoms with van der Waals surface area (Å²) in [7, 11) is -2.97. The van der Waals surface area contributed by atoms with Gasteiger partial charge < -0.3 is 5.11 Å². The lowest BCUT2D eigenvalue weighted by Crippen LogP contribution is -2.32. The van der Waals surface area contributed by atoms with Gasteiger partial charge in [0.15, 0.2) is 11.6 Å². The second-order valence-corrected chi connectivity index (χ2v) is 6.98. The lowest BCUT2D eigenvalue weighted by atomic mass is 10.0. The van der Waals surface area contributed by atoms with Gasteiger partial charge in [0, 0.05) is 13.7 Å². The molecule has 0 saturated carbocycles. The molecule has 0 aliphatic rings. The molecule has 4 nitrogen and oxygen atoms in total. The average molecular weight is 341 g/mol. The van der Waals surface area contributed by atoms with Gasteiger partial charge in [-0.25, -0.2) is 17.2 Å². The van der Waals surface area contributed by atoms with E-state index >= 15 is 0 Å². The maximum absolute atomic E-state index is 13.9. The summed E-state index contributed by atoms with van der Waals surface area (Å²) in [6.45, 7) is -0.245. The van der Waals surface area contributed by atoms with Gasteiger partial charge in [0.2, 0.25) is 10.0 Å². The Bertz CT molecular complexity index is 766. The summed E-state index contributed by atoms with van der Waals surface area (Å²) in [5.41, 5.74) is 0.657. The Morgan fingerprint density at radius 1 is 1.09 bits per heavy atom. The molecule has 0 aliphatic heterocycles. The van der Waals surface area contributed by atoms with E-state index in [0.29, 0.717) is 5.56 Å². The largest absolute Gasteiger partial charge is 0.396 e. The Labute approximate surface area is 134 Å². The standard InChI is InChI=1S/C16H17F2NO3S/c1-19(14(10-11-20)12-6-3-2-4-7-12)23(21,22)15-9-5-8-13(17)16(15)18/h2-9,14,20H,10-11H2,1H3. The monoisotopic (exact) mass is 341 g/mol. The summed E-state index contributed by atoms with van der Waals surface area (Å²) < 4.78 is 53.4. The van der Waals surface area contributed by atoms with Crippen molar-refractivity contribution in [2.75, 3.05) is 13.7 Å². The molecule has 0 fully saturated rings. The number of hydrogen-bond donors (Lipinski definition) is 1. The number of sulfonamides is 1. The van der Waals surface area contributed by atoms with Gasteiger partial charge in [-0.2, -0.15) is 4.31 Å². The van der Waals surface area contributed by atoms with Crippen LogP contribution in [0.1, 0.15) is 18.0 Å². The van der Waals surface area contributed by atoms with Crippen LogP contribution in [-0.2, 0) is 10.0 Å². The number of halogens is 2. The highest BCUT2D eigenvalue weighted by Gasteiger charge is 2.31. The minimum Gasteiger partial charge on any atom is -0.396 e. The quantitative estimate of drug-likeness (QED) is 0.879. The molecular weight excluding hydrogens is 324 g/mol. The fourth-order valence-electron chi connectivity index (χ4n) is 2.36. The summed E-state index contributed by atoms with van der Waals surface area (Å²) in [5, 5.41) is 9.23. The minimum atomic E-state index is -4.25. The predicted octanol–water partition coefficient (Wildman–Crippen LogP) is 2.71. The van der Waals surface area contributed by atoms with Crippen molar-refractivity contribution in [2.24, 2.45) is 0 Å². The summed E-state index contributed by atoms with van der Waals surface area (Å²) in [4.78, 5) is -0.723. The zero-order valence-corrected chi connectivity index (χ0v) is 13.3. The Hall–Kier alpha value is -1.83. The van der Waals surface area contributed by atoms with Gasteiger partial charge in [-0.05, 0) is 24.1 Å². The van der Waals surface area contributed by atoms with Crippen LogP contribution in [0.5, 0.6) is 0 Å². The van der Waals surface area contributed by atoms with E-state index < -0.39 is 32.6 Å². The molecule has 0 aromatic heterocycles. The van der Waals surface area contributed by atoms with Crippen LogP contribution in [0.4, 0.5) is 8.78 Å². The van der Waals surface area contributed by atoms with E-state index in [1.54, 1.807) is 30.3 Å². The number of benzene rings is 2. The number of hydrogen-bond acceptors (Lipinski definition) is 3. The third-order valence-electron chi connectivity index (χ3n) is 3.60. The van der Waals surface area contributed by atoms with Crippen molar-refractivity contribution in [3.05, 3.63) is 65.7 Å². The van der Waals surface area contributed by atoms with Crippen molar-refractivity contribution >= 4 is 10.0 Å². The average Bonchev–Trinajstić information content (AvgIpc) is 2.55. The zero-order chi connectivity index (χ0) is 17.0. The normalized spacial score (nSPS) is 13.3. The van der Waals surface area contributed by atoms with Crippen molar-refractivity contribution in [2.45, 2.75) is 17.4 Å². The highest BCUT2D eigenvalue weighted by atomic mass is 32.2. The van der Waals surface area contributed by atoms with E-state index in [9.17, 15) is 22.3 Å². The SMILES string of the molecule is CN(C(CCO)c1ccccc1)S(=O)(=O)c1cccc(F)c1F. The lowest BCUT2D eigenvalue weighted by molar-refractivity contribution is 0.239. The topological polar surface area (TPSA) is 57.6 Å². The van der Waals surface area contributed by atoms with Crippen LogP contribution in [0.25, 0.3) is 0 Å². The highest BCUT2D eigenvalue weighted by Crippen LogP contribution is 2.30. The maximum atomic E-state index is 13.9. The summed E-state index contributed by atoms with van der Waals surface area (Å²) in [5.74, 6) is -2.63. The molecule has 1 N–H and O–H groups in total. The van der Waals surface area contributed by atoms with Gasteiger partial charge in [0.1, 0.15) is 4.90 Å². The van der Waals surface area contributed by atoms with Gasteiger partial charge >= 0.3 is 0 Å². The molecule has 2 aromatic carbocycles. The Balaban J connectivity index is 2.46. The number of nitrogens with zero attached hydrogens (tertiary/aromatic N) is 1. The van der Waals surface area contributed by atoms with Crippen molar-refractivity contribution in [1.82, 2.24) is 4.31 Å². The molecule has 0 radical (unpaired) electrons. The Morgan fingerprint density at radius 2 is 1.74 bits per heavy atom. The van der Waals surface area contributed by atoms with Gasteiger partial charge in [-0.1, -0.05) is 36.4 Å². The molecular formula is C16H17F2NO3S. The van der Waals surface area contributed by atoms with Gasteiger partial charge in [-0.3, -0.25) is 0 Å². The molecule has 1 unspecified atom stereocenters. The lowest BCUT2D eigenvalue weighted by Gasteiger charge is -2.27. The summed E-state index contributed by atoms with van der Waals surface area (Å²) in [6.07, 6.45) is 0.136. The number of aliphatic hydroxyl groups is 1. The van der Waals surface area contributed by atoms with Crippen molar-refractivity contribution in [3.8, 4) is 0 Å². The van der Waals surface area contributed by atoms with Gasteiger partial charge in [0.05, 0.1) is 6.04 Å². The first-order valence-corrected chi connectivity index (χ1v) is 8.41. The third-order valence-corrected chi connectivity index (χ3v) is 5.48. The van der Waals surface area contributed by atoms with Crippen molar-refractivity contribution in [1.29, 1.82) is 0 Å². The fraction of sp³-hybridized carbons (Fsp3) is 0.250. The Morgan fingerprint density at radius 3 is 2.35 bits per heavy atom. The van der Waals surface area contributed by atoms with Crippen LogP contribution in [0.15, 0.2) is 53.4 Å². The molecule has 2 rings (SSSR count). The summed E-state index contributed by atoms with van der Waals surface area (Å²) >= 11 is 0. The first kappa shape index (κ1) is 17.5. The number of aliphatic hydroxyl groups excluding tert-OH is 1. The van der Waals surface area contributed by atoms with Crippen LogP contribution >= 0.6 is 0 Å². The summed E-state index contributed by atoms with van der Waals surface area (Å²) in [6, 6.07) is 11.0. The minimum absolute atomic E-state index is 0.136. The molecule has 0 saturated heterocycles. The number of rotatable bonds is 6. The van der Waals surface area contributed by atoms with E-state index in [4.69, 9.17) is 0 Å². The second kappa shape index (κ2) is 7.16. The van der Waals surface area contributed by atoms with E-state index in [1.165, 1.54) is 7.05 Å². The predicted molar refractivity (Wildman–Crippen MR) is 82.2 cm³/mol. The molecule has 0 heterocycles. The smallest absolute Gasteiger partial charge is 0.246 e. The fourth-order valence-corrected chi connectivity index (χ4v) is 3.81. The molecule has 0 aliphatic carbocycles. The van der Waals surface area contributed by atoms with E-state index in [-0.39, 0.29) is 13.0 Å². The van der Waals surface area contributed by atoms with Crippen LogP contribution in [0, 0.1) is 11.6 Å². The van der Waals surface area contributed by atoms with Crippen LogP contribution in [0.2, 0.25) is 0 Å². The van der Waals surface area contributed by atoms with E-state index in [2.05, 4.69) is 0 Å². The molecule has 0 spiro atoms. The Kier molecular flexibility index (Phi) is 5.46. The molecule has 0 bridgehead atoms. The highest BCUT2D eigenvalue weighted by molar-refractivity contribution is 7.89. The molecule has 23 heavy (non-hydrogen) atoms.